The number of carbonyl (C=O) groups is 2. The van der Waals surface area contributed by atoms with Gasteiger partial charge in [0.15, 0.2) is 5.70 Å². The second-order valence-electron chi connectivity index (χ2n) is 10.4. The molecule has 39 heavy (non-hydrogen) atoms. The van der Waals surface area contributed by atoms with Gasteiger partial charge in [-0.25, -0.2) is 10.4 Å². The molecule has 1 aliphatic rings. The number of nitrogens with one attached hydrogen (secondary N) is 3. The van der Waals surface area contributed by atoms with Crippen LogP contribution in [0.15, 0.2) is 54.9 Å². The molecule has 1 aliphatic heterocycles. The van der Waals surface area contributed by atoms with Crippen LogP contribution in [-0.4, -0.2) is 32.9 Å². The van der Waals surface area contributed by atoms with Crippen LogP contribution >= 0.6 is 0 Å². The molecular formula is C26H30F3N8O2+. The Morgan fingerprint density at radius 1 is 1.05 bits per heavy atom. The summed E-state index contributed by atoms with van der Waals surface area (Å²) in [6.07, 6.45) is 1.25. The summed E-state index contributed by atoms with van der Waals surface area (Å²) in [5.41, 5.74) is 5.83. The third kappa shape index (κ3) is 6.55. The van der Waals surface area contributed by atoms with Gasteiger partial charge in [-0.2, -0.15) is 18.2 Å². The number of hydrogen-bond acceptors (Lipinski definition) is 6. The summed E-state index contributed by atoms with van der Waals surface area (Å²) in [7, 11) is 0. The lowest BCUT2D eigenvalue weighted by atomic mass is 9.97. The molecule has 206 valence electrons. The van der Waals surface area contributed by atoms with Crippen molar-refractivity contribution >= 4 is 23.2 Å². The number of nitrogens with zero attached hydrogens (tertiary/aromatic N) is 4. The molecule has 2 amide bonds. The molecule has 5 N–H and O–H groups in total. The van der Waals surface area contributed by atoms with Gasteiger partial charge in [-0.3, -0.25) is 14.6 Å². The SMILES string of the molecule is Cc1ncc(NC(=O)c2cc(-n3cncc3C)cc(C(F)(F)F)c2)cc1N1C=C(C(=O)NCC(C)(C)C)N[NH2+]1. The normalized spacial score (nSPS) is 13.6. The molecular weight excluding hydrogens is 513 g/mol. The average Bonchev–Trinajstić information content (AvgIpc) is 3.52. The Bertz CT molecular complexity index is 1440. The molecule has 3 heterocycles. The number of halogens is 3. The van der Waals surface area contributed by atoms with Crippen molar-refractivity contribution in [2.45, 2.75) is 40.8 Å². The molecule has 0 aliphatic carbocycles. The van der Waals surface area contributed by atoms with Crippen molar-refractivity contribution in [2.75, 3.05) is 16.9 Å². The fourth-order valence-electron chi connectivity index (χ4n) is 3.79. The monoisotopic (exact) mass is 543 g/mol. The van der Waals surface area contributed by atoms with Crippen LogP contribution in [0.4, 0.5) is 24.5 Å². The summed E-state index contributed by atoms with van der Waals surface area (Å²) >= 11 is 0. The molecule has 0 bridgehead atoms. The molecule has 4 rings (SSSR count). The van der Waals surface area contributed by atoms with Gasteiger partial charge in [0.2, 0.25) is 0 Å². The zero-order chi connectivity index (χ0) is 28.5. The van der Waals surface area contributed by atoms with E-state index in [9.17, 15) is 22.8 Å². The van der Waals surface area contributed by atoms with E-state index >= 15 is 0 Å². The Morgan fingerprint density at radius 2 is 1.79 bits per heavy atom. The second kappa shape index (κ2) is 10.4. The summed E-state index contributed by atoms with van der Waals surface area (Å²) in [6.45, 7) is 9.98. The summed E-state index contributed by atoms with van der Waals surface area (Å²) < 4.78 is 42.4. The number of nitrogens with two attached hydrogens (primary N) is 1. The first kappa shape index (κ1) is 27.6. The first-order valence-electron chi connectivity index (χ1n) is 12.1. The van der Waals surface area contributed by atoms with Crippen LogP contribution in [0.25, 0.3) is 5.69 Å². The number of carbonyl (C=O) groups excluding carboxylic acids is 2. The highest BCUT2D eigenvalue weighted by Crippen LogP contribution is 2.32. The van der Waals surface area contributed by atoms with Crippen LogP contribution in [0.2, 0.25) is 0 Å². The number of aryl methyl sites for hydroxylation is 2. The topological polar surface area (TPSA) is 121 Å². The molecule has 0 radical (unpaired) electrons. The summed E-state index contributed by atoms with van der Waals surface area (Å²) in [5, 5.41) is 7.14. The fourth-order valence-corrected chi connectivity index (χ4v) is 3.79. The third-order valence-electron chi connectivity index (χ3n) is 5.86. The highest BCUT2D eigenvalue weighted by molar-refractivity contribution is 6.05. The van der Waals surface area contributed by atoms with Gasteiger partial charge in [0.25, 0.3) is 11.8 Å². The minimum Gasteiger partial charge on any atom is -0.350 e. The zero-order valence-electron chi connectivity index (χ0n) is 22.1. The van der Waals surface area contributed by atoms with E-state index in [1.165, 1.54) is 29.4 Å². The number of benzene rings is 1. The zero-order valence-corrected chi connectivity index (χ0v) is 22.1. The molecule has 0 unspecified atom stereocenters. The van der Waals surface area contributed by atoms with Crippen LogP contribution in [0.1, 0.15) is 48.1 Å². The van der Waals surface area contributed by atoms with Gasteiger partial charge in [0, 0.05) is 29.7 Å². The Kier molecular flexibility index (Phi) is 7.37. The van der Waals surface area contributed by atoms with E-state index in [-0.39, 0.29) is 28.3 Å². The van der Waals surface area contributed by atoms with E-state index < -0.39 is 17.6 Å². The van der Waals surface area contributed by atoms with E-state index in [2.05, 4.69) is 26.0 Å². The quantitative estimate of drug-likeness (QED) is 0.355. The summed E-state index contributed by atoms with van der Waals surface area (Å²) in [6, 6.07) is 4.76. The van der Waals surface area contributed by atoms with Gasteiger partial charge in [-0.05, 0) is 43.5 Å². The molecule has 0 fully saturated rings. The van der Waals surface area contributed by atoms with Crippen molar-refractivity contribution in [3.63, 3.8) is 0 Å². The minimum absolute atomic E-state index is 0.0801. The highest BCUT2D eigenvalue weighted by Gasteiger charge is 2.32. The maximum Gasteiger partial charge on any atom is 0.416 e. The number of imidazole rings is 1. The van der Waals surface area contributed by atoms with Crippen LogP contribution in [0, 0.1) is 19.3 Å². The van der Waals surface area contributed by atoms with Crippen LogP contribution in [0.3, 0.4) is 0 Å². The van der Waals surface area contributed by atoms with Crippen molar-refractivity contribution < 1.29 is 28.3 Å². The summed E-state index contributed by atoms with van der Waals surface area (Å²) in [4.78, 5) is 33.9. The number of rotatable bonds is 6. The average molecular weight is 544 g/mol. The second-order valence-corrected chi connectivity index (χ2v) is 10.4. The third-order valence-corrected chi connectivity index (χ3v) is 5.86. The molecule has 2 aromatic heterocycles. The maximum absolute atomic E-state index is 13.6. The molecule has 10 nitrogen and oxygen atoms in total. The van der Waals surface area contributed by atoms with Gasteiger partial charge in [-0.15, -0.1) is 5.53 Å². The maximum atomic E-state index is 13.6. The first-order valence-corrected chi connectivity index (χ1v) is 12.1. The largest absolute Gasteiger partial charge is 0.416 e. The molecule has 0 atom stereocenters. The standard InChI is InChI=1S/C26H29F3N8O2/c1-15-10-30-14-36(15)20-7-17(6-18(8-20)26(27,28)29)23(38)33-19-9-22(16(2)31-11-19)37-12-21(34-35-37)24(39)32-13-25(3,4)5/h6-12,14,34-35H,13H2,1-5H3,(H,32,39)(H,33,38)/p+1. The molecule has 0 saturated heterocycles. The number of alkyl halides is 3. The number of anilines is 2. The summed E-state index contributed by atoms with van der Waals surface area (Å²) in [5.74, 6) is -1.01. The molecule has 1 aromatic carbocycles. The smallest absolute Gasteiger partial charge is 0.350 e. The number of pyridine rings is 1. The molecule has 3 aromatic rings. The van der Waals surface area contributed by atoms with E-state index in [0.717, 1.165) is 12.1 Å². The van der Waals surface area contributed by atoms with Gasteiger partial charge in [-0.1, -0.05) is 20.8 Å². The predicted octanol–water partition coefficient (Wildman–Crippen LogP) is 2.96. The number of hydrogen-bond donors (Lipinski definition) is 4. The molecule has 13 heteroatoms. The van der Waals surface area contributed by atoms with Crippen molar-refractivity contribution in [3.8, 4) is 5.69 Å². The van der Waals surface area contributed by atoms with Gasteiger partial charge >= 0.3 is 6.18 Å². The van der Waals surface area contributed by atoms with Crippen molar-refractivity contribution in [3.05, 3.63) is 77.4 Å². The predicted molar refractivity (Wildman–Crippen MR) is 138 cm³/mol. The van der Waals surface area contributed by atoms with Crippen molar-refractivity contribution in [2.24, 2.45) is 5.41 Å². The highest BCUT2D eigenvalue weighted by atomic mass is 19.4. The number of quaternary nitrogens is 1. The van der Waals surface area contributed by atoms with E-state index in [1.807, 2.05) is 20.8 Å². The van der Waals surface area contributed by atoms with Crippen LogP contribution < -0.4 is 26.6 Å². The fraction of sp³-hybridized carbons (Fsp3) is 0.308. The Morgan fingerprint density at radius 3 is 2.44 bits per heavy atom. The van der Waals surface area contributed by atoms with Crippen LogP contribution in [0.5, 0.6) is 0 Å². The molecule has 0 saturated carbocycles. The number of aromatic nitrogens is 3. The van der Waals surface area contributed by atoms with E-state index in [0.29, 0.717) is 29.3 Å². The lowest BCUT2D eigenvalue weighted by Gasteiger charge is -2.18. The van der Waals surface area contributed by atoms with E-state index in [1.54, 1.807) is 36.7 Å². The van der Waals surface area contributed by atoms with Gasteiger partial charge < -0.3 is 15.2 Å². The number of amides is 2. The lowest BCUT2D eigenvalue weighted by Crippen LogP contribution is -2.98. The minimum atomic E-state index is -4.65. The van der Waals surface area contributed by atoms with Gasteiger partial charge in [0.1, 0.15) is 5.69 Å². The van der Waals surface area contributed by atoms with Gasteiger partial charge in [0.05, 0.1) is 35.7 Å². The first-order chi connectivity index (χ1) is 18.2. The van der Waals surface area contributed by atoms with Crippen molar-refractivity contribution in [1.29, 1.82) is 0 Å². The molecule has 0 spiro atoms. The lowest BCUT2D eigenvalue weighted by molar-refractivity contribution is -0.699. The van der Waals surface area contributed by atoms with Crippen LogP contribution in [-0.2, 0) is 11.0 Å². The van der Waals surface area contributed by atoms with Crippen molar-refractivity contribution in [1.82, 2.24) is 25.3 Å². The Balaban J connectivity index is 1.57. The Hall–Kier alpha value is -4.39. The van der Waals surface area contributed by atoms with E-state index in [4.69, 9.17) is 0 Å². The Labute approximate surface area is 223 Å².